The summed E-state index contributed by atoms with van der Waals surface area (Å²) in [6.07, 6.45) is 3.12. The fourth-order valence-corrected chi connectivity index (χ4v) is 3.57. The third kappa shape index (κ3) is 2.67. The van der Waals surface area contributed by atoms with Gasteiger partial charge in [0.2, 0.25) is 11.8 Å². The minimum absolute atomic E-state index is 0.0376. The number of para-hydroxylation sites is 1. The molecule has 0 spiro atoms. The van der Waals surface area contributed by atoms with Crippen molar-refractivity contribution < 1.29 is 9.59 Å². The molecule has 21 heavy (non-hydrogen) atoms. The molecule has 0 aromatic heterocycles. The maximum absolute atomic E-state index is 12.9. The number of nitrogens with zero attached hydrogens (tertiary/aromatic N) is 1. The fraction of sp³-hybridized carbons (Fsp3) is 0.529. The zero-order valence-electron chi connectivity index (χ0n) is 12.7. The van der Waals surface area contributed by atoms with E-state index in [1.807, 2.05) is 24.3 Å². The van der Waals surface area contributed by atoms with Crippen LogP contribution in [0.25, 0.3) is 0 Å². The van der Waals surface area contributed by atoms with Gasteiger partial charge >= 0.3 is 0 Å². The summed E-state index contributed by atoms with van der Waals surface area (Å²) < 4.78 is 0. The van der Waals surface area contributed by atoms with Gasteiger partial charge in [-0.25, -0.2) is 0 Å². The lowest BCUT2D eigenvalue weighted by Crippen LogP contribution is -2.42. The van der Waals surface area contributed by atoms with Gasteiger partial charge in [0.25, 0.3) is 0 Å². The number of amides is 2. The highest BCUT2D eigenvalue weighted by Crippen LogP contribution is 2.43. The van der Waals surface area contributed by atoms with Gasteiger partial charge in [0.15, 0.2) is 0 Å². The number of carbonyl (C=O) groups is 2. The summed E-state index contributed by atoms with van der Waals surface area (Å²) in [6, 6.07) is 7.71. The second kappa shape index (κ2) is 5.17. The molecule has 1 saturated carbocycles. The van der Waals surface area contributed by atoms with Gasteiger partial charge in [-0.3, -0.25) is 9.59 Å². The number of hydrogen-bond donors (Lipinski definition) is 1. The highest BCUT2D eigenvalue weighted by molar-refractivity contribution is 5.96. The Hall–Kier alpha value is -1.84. The van der Waals surface area contributed by atoms with E-state index in [1.54, 1.807) is 4.90 Å². The molecule has 1 aliphatic heterocycles. The van der Waals surface area contributed by atoms with Crippen molar-refractivity contribution in [3.8, 4) is 0 Å². The first-order valence-electron chi connectivity index (χ1n) is 7.64. The highest BCUT2D eigenvalue weighted by Gasteiger charge is 2.41. The van der Waals surface area contributed by atoms with Crippen molar-refractivity contribution in [2.45, 2.75) is 39.7 Å². The van der Waals surface area contributed by atoms with Crippen LogP contribution in [0, 0.1) is 11.3 Å². The molecule has 0 bridgehead atoms. The van der Waals surface area contributed by atoms with E-state index in [1.165, 1.54) is 0 Å². The molecule has 1 aromatic rings. The Kier molecular flexibility index (Phi) is 3.47. The summed E-state index contributed by atoms with van der Waals surface area (Å²) in [6.45, 7) is 4.99. The summed E-state index contributed by atoms with van der Waals surface area (Å²) in [5, 5.41) is 2.89. The number of rotatable bonds is 1. The third-order valence-electron chi connectivity index (χ3n) is 4.85. The van der Waals surface area contributed by atoms with E-state index >= 15 is 0 Å². The van der Waals surface area contributed by atoms with Crippen molar-refractivity contribution in [1.29, 1.82) is 0 Å². The number of fused-ring (bicyclic) bond motifs is 1. The van der Waals surface area contributed by atoms with Gasteiger partial charge in [-0.05, 0) is 29.9 Å². The molecule has 1 N–H and O–H groups in total. The van der Waals surface area contributed by atoms with Crippen molar-refractivity contribution in [2.24, 2.45) is 11.3 Å². The van der Waals surface area contributed by atoms with Crippen molar-refractivity contribution in [3.05, 3.63) is 29.8 Å². The van der Waals surface area contributed by atoms with Crippen LogP contribution in [0.15, 0.2) is 24.3 Å². The summed E-state index contributed by atoms with van der Waals surface area (Å²) in [4.78, 5) is 26.6. The minimum Gasteiger partial charge on any atom is -0.329 e. The van der Waals surface area contributed by atoms with Gasteiger partial charge < -0.3 is 10.2 Å². The van der Waals surface area contributed by atoms with E-state index in [0.717, 1.165) is 30.5 Å². The molecule has 1 heterocycles. The Morgan fingerprint density at radius 2 is 2.05 bits per heavy atom. The van der Waals surface area contributed by atoms with Crippen LogP contribution in [0.1, 0.15) is 38.7 Å². The lowest BCUT2D eigenvalue weighted by molar-refractivity contribution is -0.141. The molecule has 4 nitrogen and oxygen atoms in total. The first-order chi connectivity index (χ1) is 9.97. The standard InChI is InChI=1S/C17H22N2O2/c1-17(2)9-5-7-13(17)16(21)19-10-12-6-3-4-8-14(12)18-15(20)11-19/h3-4,6,8,13H,5,7,9-11H2,1-2H3,(H,18,20). The van der Waals surface area contributed by atoms with Gasteiger partial charge in [0.1, 0.15) is 6.54 Å². The van der Waals surface area contributed by atoms with Crippen LogP contribution in [0.5, 0.6) is 0 Å². The molecule has 1 aliphatic carbocycles. The van der Waals surface area contributed by atoms with Crippen LogP contribution in [0.4, 0.5) is 5.69 Å². The molecule has 2 aliphatic rings. The van der Waals surface area contributed by atoms with Crippen LogP contribution in [0.3, 0.4) is 0 Å². The minimum atomic E-state index is -0.107. The van der Waals surface area contributed by atoms with Crippen LogP contribution in [-0.2, 0) is 16.1 Å². The zero-order valence-corrected chi connectivity index (χ0v) is 12.7. The number of anilines is 1. The van der Waals surface area contributed by atoms with Gasteiger partial charge in [0.05, 0.1) is 0 Å². The molecule has 0 saturated heterocycles. The average Bonchev–Trinajstić information content (AvgIpc) is 2.68. The Morgan fingerprint density at radius 3 is 2.76 bits per heavy atom. The van der Waals surface area contributed by atoms with Crippen LogP contribution in [0.2, 0.25) is 0 Å². The second-order valence-corrected chi connectivity index (χ2v) is 6.83. The predicted molar refractivity (Wildman–Crippen MR) is 81.6 cm³/mol. The van der Waals surface area contributed by atoms with Crippen molar-refractivity contribution in [3.63, 3.8) is 0 Å². The highest BCUT2D eigenvalue weighted by atomic mass is 16.2. The Balaban J connectivity index is 1.85. The largest absolute Gasteiger partial charge is 0.329 e. The molecule has 112 valence electrons. The number of benzene rings is 1. The molecule has 1 atom stereocenters. The lowest BCUT2D eigenvalue weighted by Gasteiger charge is -2.31. The van der Waals surface area contributed by atoms with Crippen molar-refractivity contribution in [1.82, 2.24) is 4.90 Å². The molecular weight excluding hydrogens is 264 g/mol. The maximum Gasteiger partial charge on any atom is 0.244 e. The second-order valence-electron chi connectivity index (χ2n) is 6.83. The lowest BCUT2D eigenvalue weighted by atomic mass is 9.81. The quantitative estimate of drug-likeness (QED) is 0.863. The Bertz CT molecular complexity index is 580. The molecule has 2 amide bonds. The number of hydrogen-bond acceptors (Lipinski definition) is 2. The zero-order chi connectivity index (χ0) is 15.0. The summed E-state index contributed by atoms with van der Waals surface area (Å²) in [7, 11) is 0. The van der Waals surface area contributed by atoms with Gasteiger partial charge in [-0.1, -0.05) is 38.5 Å². The van der Waals surface area contributed by atoms with Crippen LogP contribution >= 0.6 is 0 Å². The van der Waals surface area contributed by atoms with E-state index in [-0.39, 0.29) is 29.7 Å². The molecule has 1 fully saturated rings. The maximum atomic E-state index is 12.9. The summed E-state index contributed by atoms with van der Waals surface area (Å²) >= 11 is 0. The average molecular weight is 286 g/mol. The normalized spacial score (nSPS) is 24.2. The Morgan fingerprint density at radius 1 is 1.29 bits per heavy atom. The first-order valence-corrected chi connectivity index (χ1v) is 7.64. The molecule has 3 rings (SSSR count). The Labute approximate surface area is 125 Å². The fourth-order valence-electron chi connectivity index (χ4n) is 3.57. The van der Waals surface area contributed by atoms with Crippen molar-refractivity contribution >= 4 is 17.5 Å². The molecule has 4 heteroatoms. The molecule has 1 unspecified atom stereocenters. The molecule has 1 aromatic carbocycles. The number of nitrogens with one attached hydrogen (secondary N) is 1. The number of carbonyl (C=O) groups excluding carboxylic acids is 2. The SMILES string of the molecule is CC1(C)CCCC1C(=O)N1CC(=O)Nc2ccccc2C1. The topological polar surface area (TPSA) is 49.4 Å². The van der Waals surface area contributed by atoms with E-state index in [4.69, 9.17) is 0 Å². The summed E-state index contributed by atoms with van der Waals surface area (Å²) in [5.41, 5.74) is 1.87. The molecular formula is C17H22N2O2. The summed E-state index contributed by atoms with van der Waals surface area (Å²) in [5.74, 6) is 0.0593. The first kappa shape index (κ1) is 14.1. The van der Waals surface area contributed by atoms with Crippen molar-refractivity contribution in [2.75, 3.05) is 11.9 Å². The van der Waals surface area contributed by atoms with Gasteiger partial charge in [-0.15, -0.1) is 0 Å². The molecule has 0 radical (unpaired) electrons. The van der Waals surface area contributed by atoms with Crippen LogP contribution in [-0.4, -0.2) is 23.3 Å². The third-order valence-corrected chi connectivity index (χ3v) is 4.85. The van der Waals surface area contributed by atoms with E-state index in [2.05, 4.69) is 19.2 Å². The van der Waals surface area contributed by atoms with Gasteiger partial charge in [-0.2, -0.15) is 0 Å². The van der Waals surface area contributed by atoms with E-state index < -0.39 is 0 Å². The van der Waals surface area contributed by atoms with E-state index in [9.17, 15) is 9.59 Å². The monoisotopic (exact) mass is 286 g/mol. The smallest absolute Gasteiger partial charge is 0.244 e. The van der Waals surface area contributed by atoms with Gasteiger partial charge in [0, 0.05) is 18.2 Å². The van der Waals surface area contributed by atoms with E-state index in [0.29, 0.717) is 6.54 Å². The predicted octanol–water partition coefficient (Wildman–Crippen LogP) is 2.79. The van der Waals surface area contributed by atoms with Crippen LogP contribution < -0.4 is 5.32 Å².